The van der Waals surface area contributed by atoms with Gasteiger partial charge >= 0.3 is 0 Å². The zero-order chi connectivity index (χ0) is 12.0. The van der Waals surface area contributed by atoms with Gasteiger partial charge in [-0.3, -0.25) is 0 Å². The van der Waals surface area contributed by atoms with Crippen LogP contribution in [0.15, 0.2) is 24.3 Å². The van der Waals surface area contributed by atoms with Crippen molar-refractivity contribution in [3.05, 3.63) is 35.6 Å². The Kier molecular flexibility index (Phi) is 4.94. The van der Waals surface area contributed by atoms with Gasteiger partial charge in [-0.25, -0.2) is 4.39 Å². The minimum atomic E-state index is -0.0910. The van der Waals surface area contributed by atoms with E-state index in [9.17, 15) is 4.39 Å². The molecule has 0 aliphatic heterocycles. The Morgan fingerprint density at radius 2 is 1.75 bits per heavy atom. The molecule has 1 aromatic carbocycles. The molecule has 0 amide bonds. The molecule has 0 bridgehead atoms. The van der Waals surface area contributed by atoms with Gasteiger partial charge in [-0.05, 0) is 37.4 Å². The monoisotopic (exact) mass is 223 g/mol. The fourth-order valence-electron chi connectivity index (χ4n) is 2.19. The van der Waals surface area contributed by atoms with Gasteiger partial charge in [-0.1, -0.05) is 39.0 Å². The molecular formula is C14H22FN. The van der Waals surface area contributed by atoms with E-state index in [2.05, 4.69) is 26.1 Å². The lowest BCUT2D eigenvalue weighted by Gasteiger charge is -2.33. The molecule has 1 rings (SSSR count). The zero-order valence-electron chi connectivity index (χ0n) is 10.5. The van der Waals surface area contributed by atoms with Crippen LogP contribution >= 0.6 is 0 Å². The van der Waals surface area contributed by atoms with Crippen molar-refractivity contribution >= 4 is 0 Å². The van der Waals surface area contributed by atoms with E-state index in [0.717, 1.165) is 31.4 Å². The van der Waals surface area contributed by atoms with Crippen LogP contribution in [0.4, 0.5) is 4.39 Å². The SMILES string of the molecule is CCNC(CC)(CC)Cc1ccccc1F. The molecule has 0 aromatic heterocycles. The zero-order valence-corrected chi connectivity index (χ0v) is 10.5. The van der Waals surface area contributed by atoms with Gasteiger partial charge in [0, 0.05) is 5.54 Å². The molecule has 0 saturated carbocycles. The normalized spacial score (nSPS) is 11.8. The van der Waals surface area contributed by atoms with Crippen LogP contribution in [0.3, 0.4) is 0 Å². The summed E-state index contributed by atoms with van der Waals surface area (Å²) in [5.74, 6) is -0.0910. The largest absolute Gasteiger partial charge is 0.311 e. The highest BCUT2D eigenvalue weighted by molar-refractivity contribution is 5.20. The van der Waals surface area contributed by atoms with E-state index in [1.54, 1.807) is 6.07 Å². The Balaban J connectivity index is 2.87. The third-order valence-corrected chi connectivity index (χ3v) is 3.39. The number of likely N-dealkylation sites (N-methyl/N-ethyl adjacent to an activating group) is 1. The summed E-state index contributed by atoms with van der Waals surface area (Å²) in [6.45, 7) is 7.34. The fraction of sp³-hybridized carbons (Fsp3) is 0.571. The third-order valence-electron chi connectivity index (χ3n) is 3.39. The molecule has 0 aliphatic carbocycles. The van der Waals surface area contributed by atoms with Gasteiger partial charge in [0.25, 0.3) is 0 Å². The third kappa shape index (κ3) is 3.05. The van der Waals surface area contributed by atoms with E-state index in [4.69, 9.17) is 0 Å². The maximum absolute atomic E-state index is 13.6. The van der Waals surface area contributed by atoms with Crippen LogP contribution in [0.1, 0.15) is 39.2 Å². The van der Waals surface area contributed by atoms with E-state index in [0.29, 0.717) is 0 Å². The van der Waals surface area contributed by atoms with Gasteiger partial charge in [-0.2, -0.15) is 0 Å². The summed E-state index contributed by atoms with van der Waals surface area (Å²) in [6, 6.07) is 7.07. The lowest BCUT2D eigenvalue weighted by atomic mass is 9.85. The highest BCUT2D eigenvalue weighted by Crippen LogP contribution is 2.22. The van der Waals surface area contributed by atoms with E-state index < -0.39 is 0 Å². The highest BCUT2D eigenvalue weighted by Gasteiger charge is 2.25. The van der Waals surface area contributed by atoms with E-state index in [1.807, 2.05) is 12.1 Å². The Labute approximate surface area is 98.1 Å². The molecular weight excluding hydrogens is 201 g/mol. The second-order valence-electron chi connectivity index (χ2n) is 4.29. The topological polar surface area (TPSA) is 12.0 Å². The number of rotatable bonds is 6. The highest BCUT2D eigenvalue weighted by atomic mass is 19.1. The number of hydrogen-bond donors (Lipinski definition) is 1. The van der Waals surface area contributed by atoms with Gasteiger partial charge in [0.2, 0.25) is 0 Å². The van der Waals surface area contributed by atoms with E-state index in [1.165, 1.54) is 6.07 Å². The smallest absolute Gasteiger partial charge is 0.126 e. The van der Waals surface area contributed by atoms with Crippen molar-refractivity contribution in [2.45, 2.75) is 45.6 Å². The van der Waals surface area contributed by atoms with E-state index >= 15 is 0 Å². The Morgan fingerprint density at radius 1 is 1.12 bits per heavy atom. The second-order valence-corrected chi connectivity index (χ2v) is 4.29. The molecule has 0 aliphatic rings. The molecule has 0 spiro atoms. The lowest BCUT2D eigenvalue weighted by Crippen LogP contribution is -2.46. The van der Waals surface area contributed by atoms with Gasteiger partial charge in [-0.15, -0.1) is 0 Å². The molecule has 0 heterocycles. The molecule has 16 heavy (non-hydrogen) atoms. The summed E-state index contributed by atoms with van der Waals surface area (Å²) in [5, 5.41) is 3.50. The Hall–Kier alpha value is -0.890. The molecule has 1 nitrogen and oxygen atoms in total. The minimum Gasteiger partial charge on any atom is -0.311 e. The number of halogens is 1. The first-order chi connectivity index (χ1) is 7.67. The van der Waals surface area contributed by atoms with Crippen molar-refractivity contribution in [3.63, 3.8) is 0 Å². The summed E-state index contributed by atoms with van der Waals surface area (Å²) in [5.41, 5.74) is 0.851. The van der Waals surface area contributed by atoms with Crippen LogP contribution in [0.5, 0.6) is 0 Å². The number of benzene rings is 1. The van der Waals surface area contributed by atoms with Crippen LogP contribution < -0.4 is 5.32 Å². The molecule has 0 saturated heterocycles. The molecule has 1 aromatic rings. The first-order valence-electron chi connectivity index (χ1n) is 6.16. The van der Waals surface area contributed by atoms with Crippen LogP contribution in [0, 0.1) is 5.82 Å². The minimum absolute atomic E-state index is 0.0386. The van der Waals surface area contributed by atoms with Crippen LogP contribution in [-0.2, 0) is 6.42 Å². The van der Waals surface area contributed by atoms with Gasteiger partial charge in [0.15, 0.2) is 0 Å². The molecule has 90 valence electrons. The average Bonchev–Trinajstić information content (AvgIpc) is 2.31. The summed E-state index contributed by atoms with van der Waals surface area (Å²) in [6.07, 6.45) is 2.80. The van der Waals surface area contributed by atoms with Crippen molar-refractivity contribution in [2.75, 3.05) is 6.54 Å². The molecule has 0 unspecified atom stereocenters. The molecule has 1 N–H and O–H groups in total. The van der Waals surface area contributed by atoms with Crippen molar-refractivity contribution in [1.29, 1.82) is 0 Å². The first kappa shape index (κ1) is 13.2. The maximum atomic E-state index is 13.6. The van der Waals surface area contributed by atoms with Crippen molar-refractivity contribution < 1.29 is 4.39 Å². The molecule has 0 fully saturated rings. The summed E-state index contributed by atoms with van der Waals surface area (Å²) < 4.78 is 13.6. The molecule has 0 atom stereocenters. The van der Waals surface area contributed by atoms with Gasteiger partial charge in [0.05, 0.1) is 0 Å². The first-order valence-corrected chi connectivity index (χ1v) is 6.16. The standard InChI is InChI=1S/C14H22FN/c1-4-14(5-2,16-6-3)11-12-9-7-8-10-13(12)15/h7-10,16H,4-6,11H2,1-3H3. The Morgan fingerprint density at radius 3 is 2.25 bits per heavy atom. The van der Waals surface area contributed by atoms with Crippen LogP contribution in [-0.4, -0.2) is 12.1 Å². The summed E-state index contributed by atoms with van der Waals surface area (Å²) >= 11 is 0. The van der Waals surface area contributed by atoms with Crippen LogP contribution in [0.2, 0.25) is 0 Å². The predicted octanol–water partition coefficient (Wildman–Crippen LogP) is 3.54. The van der Waals surface area contributed by atoms with Gasteiger partial charge in [0.1, 0.15) is 5.82 Å². The average molecular weight is 223 g/mol. The number of hydrogen-bond acceptors (Lipinski definition) is 1. The van der Waals surface area contributed by atoms with Gasteiger partial charge < -0.3 is 5.32 Å². The Bertz CT molecular complexity index is 318. The molecule has 2 heteroatoms. The lowest BCUT2D eigenvalue weighted by molar-refractivity contribution is 0.302. The van der Waals surface area contributed by atoms with Crippen molar-refractivity contribution in [1.82, 2.24) is 5.32 Å². The quantitative estimate of drug-likeness (QED) is 0.778. The summed E-state index contributed by atoms with van der Waals surface area (Å²) in [7, 11) is 0. The number of nitrogens with one attached hydrogen (secondary N) is 1. The predicted molar refractivity (Wildman–Crippen MR) is 67.1 cm³/mol. The second kappa shape index (κ2) is 6.00. The fourth-order valence-corrected chi connectivity index (χ4v) is 2.19. The van der Waals surface area contributed by atoms with E-state index in [-0.39, 0.29) is 11.4 Å². The molecule has 0 radical (unpaired) electrons. The summed E-state index contributed by atoms with van der Waals surface area (Å²) in [4.78, 5) is 0. The van der Waals surface area contributed by atoms with Crippen molar-refractivity contribution in [2.24, 2.45) is 0 Å². The maximum Gasteiger partial charge on any atom is 0.126 e. The van der Waals surface area contributed by atoms with Crippen molar-refractivity contribution in [3.8, 4) is 0 Å². The van der Waals surface area contributed by atoms with Crippen LogP contribution in [0.25, 0.3) is 0 Å².